The number of rotatable bonds is 5. The lowest BCUT2D eigenvalue weighted by Crippen LogP contribution is -2.05. The molecule has 0 atom stereocenters. The second kappa shape index (κ2) is 8.24. The first kappa shape index (κ1) is 22.3. The second-order valence-electron chi connectivity index (χ2n) is 7.90. The van der Waals surface area contributed by atoms with Crippen LogP contribution in [0.3, 0.4) is 0 Å². The molecule has 9 nitrogen and oxygen atoms in total. The van der Waals surface area contributed by atoms with Crippen LogP contribution in [-0.4, -0.2) is 36.2 Å². The van der Waals surface area contributed by atoms with Crippen LogP contribution < -0.4 is 5.32 Å². The maximum atomic E-state index is 14.4. The third-order valence-corrected chi connectivity index (χ3v) is 5.53. The molecule has 0 saturated heterocycles. The SMILES string of the molecule is Cc1cnc(Nc2ccc(N=S(C)(C)=O)c(F)c2)nc1-n1cc(C)c2cc([N+](=O)[O-])ccc21. The number of nitro groups is 1. The molecule has 170 valence electrons. The Bertz CT molecular complexity index is 1530. The molecule has 11 heteroatoms. The van der Waals surface area contributed by atoms with Crippen molar-refractivity contribution in [3.05, 3.63) is 75.9 Å². The van der Waals surface area contributed by atoms with Crippen LogP contribution in [0.2, 0.25) is 0 Å². The summed E-state index contributed by atoms with van der Waals surface area (Å²) in [4.78, 5) is 19.6. The Morgan fingerprint density at radius 3 is 2.58 bits per heavy atom. The maximum absolute atomic E-state index is 14.4. The molecule has 33 heavy (non-hydrogen) atoms. The summed E-state index contributed by atoms with van der Waals surface area (Å²) >= 11 is 0. The lowest BCUT2D eigenvalue weighted by Gasteiger charge is -2.11. The first-order valence-corrected chi connectivity index (χ1v) is 12.2. The molecule has 0 saturated carbocycles. The van der Waals surface area contributed by atoms with Crippen LogP contribution in [-0.2, 0) is 9.73 Å². The molecule has 0 radical (unpaired) electrons. The summed E-state index contributed by atoms with van der Waals surface area (Å²) in [5, 5.41) is 14.9. The number of halogens is 1. The molecule has 0 amide bonds. The Kier molecular flexibility index (Phi) is 5.58. The molecule has 2 aromatic heterocycles. The molecule has 0 spiro atoms. The number of aromatic nitrogens is 3. The number of non-ortho nitro benzene ring substituents is 1. The van der Waals surface area contributed by atoms with Gasteiger partial charge in [-0.15, -0.1) is 0 Å². The van der Waals surface area contributed by atoms with Crippen LogP contribution in [0.15, 0.2) is 53.2 Å². The number of hydrogen-bond donors (Lipinski definition) is 1. The average Bonchev–Trinajstić information content (AvgIpc) is 3.06. The summed E-state index contributed by atoms with van der Waals surface area (Å²) in [6, 6.07) is 8.96. The van der Waals surface area contributed by atoms with Gasteiger partial charge in [0.15, 0.2) is 5.82 Å². The Morgan fingerprint density at radius 1 is 1.15 bits per heavy atom. The van der Waals surface area contributed by atoms with Crippen LogP contribution in [0.1, 0.15) is 11.1 Å². The monoisotopic (exact) mass is 468 g/mol. The number of nitrogens with zero attached hydrogens (tertiary/aromatic N) is 5. The van der Waals surface area contributed by atoms with Gasteiger partial charge in [-0.3, -0.25) is 10.1 Å². The van der Waals surface area contributed by atoms with Crippen molar-refractivity contribution in [1.82, 2.24) is 14.5 Å². The van der Waals surface area contributed by atoms with Crippen LogP contribution >= 0.6 is 0 Å². The number of aryl methyl sites for hydroxylation is 2. The fraction of sp³-hybridized carbons (Fsp3) is 0.182. The van der Waals surface area contributed by atoms with E-state index in [4.69, 9.17) is 0 Å². The average molecular weight is 469 g/mol. The van der Waals surface area contributed by atoms with Gasteiger partial charge in [-0.25, -0.2) is 13.6 Å². The Labute approximate surface area is 189 Å². The Hall–Kier alpha value is -3.86. The van der Waals surface area contributed by atoms with Crippen molar-refractivity contribution < 1.29 is 13.5 Å². The van der Waals surface area contributed by atoms with Gasteiger partial charge in [0, 0.05) is 63.4 Å². The van der Waals surface area contributed by atoms with Gasteiger partial charge in [0.1, 0.15) is 11.5 Å². The lowest BCUT2D eigenvalue weighted by atomic mass is 10.2. The quantitative estimate of drug-likeness (QED) is 0.318. The standard InChI is InChI=1S/C22H21FN6O3S/c1-13-11-24-22(25-15-5-7-19(18(23)9-15)27-33(3,4)32)26-21(13)28-12-14(2)17-10-16(29(30)31)6-8-20(17)28/h5-12H,1-4H3,(H,24,25,26). The summed E-state index contributed by atoms with van der Waals surface area (Å²) in [7, 11) is -2.49. The molecule has 2 aromatic carbocycles. The summed E-state index contributed by atoms with van der Waals surface area (Å²) in [6.45, 7) is 3.73. The number of benzene rings is 2. The third kappa shape index (κ3) is 4.67. The molecule has 0 aliphatic heterocycles. The van der Waals surface area contributed by atoms with Crippen molar-refractivity contribution in [2.24, 2.45) is 4.36 Å². The van der Waals surface area contributed by atoms with Gasteiger partial charge in [-0.2, -0.15) is 9.35 Å². The minimum Gasteiger partial charge on any atom is -0.324 e. The molecule has 0 unspecified atom stereocenters. The molecular formula is C22H21FN6O3S. The van der Waals surface area contributed by atoms with Crippen molar-refractivity contribution >= 4 is 43.6 Å². The predicted octanol–water partition coefficient (Wildman–Crippen LogP) is 5.19. The second-order valence-corrected chi connectivity index (χ2v) is 10.4. The molecule has 4 rings (SSSR count). The van der Waals surface area contributed by atoms with Crippen molar-refractivity contribution in [2.45, 2.75) is 13.8 Å². The maximum Gasteiger partial charge on any atom is 0.270 e. The highest BCUT2D eigenvalue weighted by atomic mass is 32.2. The molecule has 4 aromatic rings. The molecule has 1 N–H and O–H groups in total. The number of nitro benzene ring substituents is 1. The fourth-order valence-corrected chi connectivity index (χ4v) is 4.06. The number of fused-ring (bicyclic) bond motifs is 1. The van der Waals surface area contributed by atoms with E-state index in [1.807, 2.05) is 24.6 Å². The van der Waals surface area contributed by atoms with Crippen molar-refractivity contribution in [3.8, 4) is 5.82 Å². The fourth-order valence-electron chi connectivity index (χ4n) is 3.43. The van der Waals surface area contributed by atoms with Gasteiger partial charge in [-0.05, 0) is 43.7 Å². The van der Waals surface area contributed by atoms with E-state index in [-0.39, 0.29) is 17.3 Å². The molecule has 0 aliphatic carbocycles. The van der Waals surface area contributed by atoms with Crippen LogP contribution in [0.5, 0.6) is 0 Å². The lowest BCUT2D eigenvalue weighted by molar-refractivity contribution is -0.384. The van der Waals surface area contributed by atoms with E-state index < -0.39 is 20.5 Å². The zero-order chi connectivity index (χ0) is 23.9. The van der Waals surface area contributed by atoms with Crippen molar-refractivity contribution in [2.75, 3.05) is 17.8 Å². The smallest absolute Gasteiger partial charge is 0.270 e. The van der Waals surface area contributed by atoms with Crippen molar-refractivity contribution in [1.29, 1.82) is 0 Å². The summed E-state index contributed by atoms with van der Waals surface area (Å²) in [6.07, 6.45) is 6.37. The van der Waals surface area contributed by atoms with Crippen LogP contribution in [0.4, 0.5) is 27.4 Å². The normalized spacial score (nSPS) is 11.5. The Morgan fingerprint density at radius 2 is 1.91 bits per heavy atom. The molecule has 2 heterocycles. The highest BCUT2D eigenvalue weighted by molar-refractivity contribution is 7.92. The van der Waals surface area contributed by atoms with Crippen LogP contribution in [0.25, 0.3) is 16.7 Å². The molecule has 0 bridgehead atoms. The van der Waals surface area contributed by atoms with E-state index in [1.165, 1.54) is 36.8 Å². The summed E-state index contributed by atoms with van der Waals surface area (Å²) < 4.78 is 32.0. The van der Waals surface area contributed by atoms with Gasteiger partial charge in [-0.1, -0.05) is 0 Å². The topological polar surface area (TPSA) is 115 Å². The minimum atomic E-state index is -2.49. The van der Waals surface area contributed by atoms with Gasteiger partial charge in [0.2, 0.25) is 5.95 Å². The van der Waals surface area contributed by atoms with E-state index >= 15 is 0 Å². The van der Waals surface area contributed by atoms with Gasteiger partial charge >= 0.3 is 0 Å². The molecule has 0 aliphatic rings. The molecule has 0 fully saturated rings. The van der Waals surface area contributed by atoms with Gasteiger partial charge in [0.05, 0.1) is 10.4 Å². The highest BCUT2D eigenvalue weighted by Crippen LogP contribution is 2.29. The van der Waals surface area contributed by atoms with Gasteiger partial charge in [0.25, 0.3) is 5.69 Å². The Balaban J connectivity index is 1.72. The highest BCUT2D eigenvalue weighted by Gasteiger charge is 2.15. The van der Waals surface area contributed by atoms with Crippen LogP contribution in [0, 0.1) is 29.8 Å². The minimum absolute atomic E-state index is 0.0179. The first-order valence-electron chi connectivity index (χ1n) is 9.85. The zero-order valence-electron chi connectivity index (χ0n) is 18.4. The number of nitrogens with one attached hydrogen (secondary N) is 1. The van der Waals surface area contributed by atoms with E-state index in [2.05, 4.69) is 19.6 Å². The van der Waals surface area contributed by atoms with E-state index in [0.717, 1.165) is 22.0 Å². The van der Waals surface area contributed by atoms with Crippen molar-refractivity contribution in [3.63, 3.8) is 0 Å². The third-order valence-electron chi connectivity index (χ3n) is 4.89. The number of hydrogen-bond acceptors (Lipinski definition) is 7. The van der Waals surface area contributed by atoms with Gasteiger partial charge < -0.3 is 9.88 Å². The molecular weight excluding hydrogens is 447 g/mol. The van der Waals surface area contributed by atoms with E-state index in [0.29, 0.717) is 11.5 Å². The summed E-state index contributed by atoms with van der Waals surface area (Å²) in [5.41, 5.74) is 2.87. The predicted molar refractivity (Wildman–Crippen MR) is 127 cm³/mol. The largest absolute Gasteiger partial charge is 0.324 e. The van der Waals surface area contributed by atoms with E-state index in [1.54, 1.807) is 18.3 Å². The van der Waals surface area contributed by atoms with E-state index in [9.17, 15) is 18.7 Å². The zero-order valence-corrected chi connectivity index (χ0v) is 19.2. The first-order chi connectivity index (χ1) is 15.5. The number of anilines is 2. The summed E-state index contributed by atoms with van der Waals surface area (Å²) in [5.74, 6) is 0.219.